The molecule has 3 rings (SSSR count). The predicted octanol–water partition coefficient (Wildman–Crippen LogP) is 3.37. The molecule has 1 saturated heterocycles. The topological polar surface area (TPSA) is 90.5 Å². The Morgan fingerprint density at radius 2 is 2.03 bits per heavy atom. The van der Waals surface area contributed by atoms with Gasteiger partial charge in [-0.2, -0.15) is 0 Å². The molecule has 29 heavy (non-hydrogen) atoms. The first-order chi connectivity index (χ1) is 13.9. The van der Waals surface area contributed by atoms with Crippen LogP contribution in [0.4, 0.5) is 0 Å². The summed E-state index contributed by atoms with van der Waals surface area (Å²) in [5.74, 6) is 0.722. The van der Waals surface area contributed by atoms with Gasteiger partial charge in [0.1, 0.15) is 0 Å². The molecule has 2 aromatic rings. The average molecular weight is 421 g/mol. The fraction of sp³-hybridized carbons (Fsp3) is 0.600. The predicted molar refractivity (Wildman–Crippen MR) is 109 cm³/mol. The van der Waals surface area contributed by atoms with Gasteiger partial charge < -0.3 is 14.1 Å². The van der Waals surface area contributed by atoms with Crippen molar-refractivity contribution in [3.8, 4) is 11.6 Å². The molecule has 1 amide bonds. The lowest BCUT2D eigenvalue weighted by atomic mass is 9.97. The number of hydrogen-bond donors (Lipinski definition) is 0. The summed E-state index contributed by atoms with van der Waals surface area (Å²) in [5, 5.41) is 8.92. The molecule has 9 heteroatoms. The SMILES string of the molecule is CCn1c(SCC(=O)O[C@@H](C)C(=O)N2[C@@H](C)CCC[C@@H]2C)nnc1-c1ccco1. The molecular weight excluding hydrogens is 392 g/mol. The van der Waals surface area contributed by atoms with Gasteiger partial charge >= 0.3 is 5.97 Å². The summed E-state index contributed by atoms with van der Waals surface area (Å²) in [7, 11) is 0. The minimum absolute atomic E-state index is 0.0546. The number of nitrogens with zero attached hydrogens (tertiary/aromatic N) is 4. The van der Waals surface area contributed by atoms with Crippen LogP contribution in [0.25, 0.3) is 11.6 Å². The number of furan rings is 1. The molecular formula is C20H28N4O4S. The number of esters is 1. The summed E-state index contributed by atoms with van der Waals surface area (Å²) >= 11 is 1.24. The Morgan fingerprint density at radius 1 is 1.31 bits per heavy atom. The molecule has 0 aromatic carbocycles. The molecule has 0 bridgehead atoms. The van der Waals surface area contributed by atoms with E-state index >= 15 is 0 Å². The Balaban J connectivity index is 1.57. The second kappa shape index (κ2) is 9.47. The van der Waals surface area contributed by atoms with Crippen LogP contribution < -0.4 is 0 Å². The van der Waals surface area contributed by atoms with Gasteiger partial charge in [-0.05, 0) is 59.1 Å². The lowest BCUT2D eigenvalue weighted by molar-refractivity contribution is -0.160. The van der Waals surface area contributed by atoms with E-state index in [1.54, 1.807) is 19.3 Å². The summed E-state index contributed by atoms with van der Waals surface area (Å²) in [6.45, 7) is 8.35. The minimum atomic E-state index is -0.797. The summed E-state index contributed by atoms with van der Waals surface area (Å²) in [4.78, 5) is 27.0. The maximum atomic E-state index is 12.8. The van der Waals surface area contributed by atoms with Crippen LogP contribution in [0.15, 0.2) is 28.0 Å². The standard InChI is InChI=1S/C20H28N4O4S/c1-5-23-18(16-10-7-11-27-16)21-22-20(23)29-12-17(25)28-15(4)19(26)24-13(2)8-6-9-14(24)3/h7,10-11,13-15H,5-6,8-9,12H2,1-4H3/t13-,14-,15-/m0/s1. The van der Waals surface area contributed by atoms with Crippen molar-refractivity contribution < 1.29 is 18.7 Å². The highest BCUT2D eigenvalue weighted by Crippen LogP contribution is 2.25. The zero-order valence-corrected chi connectivity index (χ0v) is 18.1. The number of ether oxygens (including phenoxy) is 1. The third kappa shape index (κ3) is 4.83. The van der Waals surface area contributed by atoms with Crippen LogP contribution in [0.5, 0.6) is 0 Å². The average Bonchev–Trinajstić information content (AvgIpc) is 3.35. The molecule has 0 N–H and O–H groups in total. The number of carbonyl (C=O) groups is 2. The molecule has 1 aliphatic rings. The summed E-state index contributed by atoms with van der Waals surface area (Å²) in [6, 6.07) is 3.95. The van der Waals surface area contributed by atoms with Crippen molar-refractivity contribution in [2.45, 2.75) is 76.8 Å². The van der Waals surface area contributed by atoms with Gasteiger partial charge in [-0.15, -0.1) is 10.2 Å². The lowest BCUT2D eigenvalue weighted by Crippen LogP contribution is -2.51. The number of piperidine rings is 1. The molecule has 3 atom stereocenters. The fourth-order valence-electron chi connectivity index (χ4n) is 3.74. The van der Waals surface area contributed by atoms with Gasteiger partial charge in [-0.3, -0.25) is 14.2 Å². The van der Waals surface area contributed by atoms with E-state index in [2.05, 4.69) is 10.2 Å². The quantitative estimate of drug-likeness (QED) is 0.501. The Hall–Kier alpha value is -2.29. The number of rotatable bonds is 7. The van der Waals surface area contributed by atoms with Crippen LogP contribution in [0.2, 0.25) is 0 Å². The maximum absolute atomic E-state index is 12.8. The molecule has 0 saturated carbocycles. The van der Waals surface area contributed by atoms with Crippen LogP contribution in [-0.2, 0) is 20.9 Å². The molecule has 1 fully saturated rings. The van der Waals surface area contributed by atoms with E-state index in [1.165, 1.54) is 11.8 Å². The van der Waals surface area contributed by atoms with E-state index in [0.717, 1.165) is 19.3 Å². The normalized spacial score (nSPS) is 20.5. The molecule has 158 valence electrons. The highest BCUT2D eigenvalue weighted by atomic mass is 32.2. The van der Waals surface area contributed by atoms with E-state index in [9.17, 15) is 9.59 Å². The first-order valence-electron chi connectivity index (χ1n) is 10.0. The highest BCUT2D eigenvalue weighted by molar-refractivity contribution is 7.99. The van der Waals surface area contributed by atoms with Crippen molar-refractivity contribution >= 4 is 23.6 Å². The fourth-order valence-corrected chi connectivity index (χ4v) is 4.52. The first-order valence-corrected chi connectivity index (χ1v) is 11.0. The minimum Gasteiger partial charge on any atom is -0.461 e. The van der Waals surface area contributed by atoms with E-state index in [0.29, 0.717) is 23.3 Å². The third-order valence-electron chi connectivity index (χ3n) is 5.20. The molecule has 0 spiro atoms. The lowest BCUT2D eigenvalue weighted by Gasteiger charge is -2.40. The Morgan fingerprint density at radius 3 is 2.66 bits per heavy atom. The smallest absolute Gasteiger partial charge is 0.317 e. The third-order valence-corrected chi connectivity index (χ3v) is 6.14. The van der Waals surface area contributed by atoms with E-state index in [4.69, 9.17) is 9.15 Å². The second-order valence-corrected chi connectivity index (χ2v) is 8.27. The maximum Gasteiger partial charge on any atom is 0.317 e. The monoisotopic (exact) mass is 420 g/mol. The van der Waals surface area contributed by atoms with Gasteiger partial charge in [0.05, 0.1) is 12.0 Å². The largest absolute Gasteiger partial charge is 0.461 e. The van der Waals surface area contributed by atoms with Crippen LogP contribution in [-0.4, -0.2) is 55.5 Å². The Kier molecular flexibility index (Phi) is 7.00. The number of likely N-dealkylation sites (tertiary alicyclic amines) is 1. The van der Waals surface area contributed by atoms with Crippen molar-refractivity contribution in [1.29, 1.82) is 0 Å². The number of thioether (sulfide) groups is 1. The van der Waals surface area contributed by atoms with Crippen LogP contribution in [0, 0.1) is 0 Å². The van der Waals surface area contributed by atoms with Crippen LogP contribution in [0.1, 0.15) is 47.0 Å². The van der Waals surface area contributed by atoms with Gasteiger partial charge in [0.2, 0.25) is 0 Å². The van der Waals surface area contributed by atoms with Crippen molar-refractivity contribution in [3.63, 3.8) is 0 Å². The number of hydrogen-bond acceptors (Lipinski definition) is 7. The van der Waals surface area contributed by atoms with Gasteiger partial charge in [0.15, 0.2) is 22.8 Å². The number of aromatic nitrogens is 3. The number of amides is 1. The van der Waals surface area contributed by atoms with Gasteiger partial charge in [0, 0.05) is 18.6 Å². The second-order valence-electron chi connectivity index (χ2n) is 7.32. The van der Waals surface area contributed by atoms with Crippen molar-refractivity contribution in [2.24, 2.45) is 0 Å². The van der Waals surface area contributed by atoms with Crippen LogP contribution >= 0.6 is 11.8 Å². The highest BCUT2D eigenvalue weighted by Gasteiger charge is 2.33. The molecule has 8 nitrogen and oxygen atoms in total. The zero-order valence-electron chi connectivity index (χ0n) is 17.3. The molecule has 0 radical (unpaired) electrons. The molecule has 1 aliphatic heterocycles. The van der Waals surface area contributed by atoms with E-state index < -0.39 is 12.1 Å². The Bertz CT molecular complexity index is 826. The Labute approximate surface area is 175 Å². The van der Waals surface area contributed by atoms with E-state index in [-0.39, 0.29) is 23.7 Å². The zero-order chi connectivity index (χ0) is 21.0. The van der Waals surface area contributed by atoms with Gasteiger partial charge in [-0.1, -0.05) is 11.8 Å². The van der Waals surface area contributed by atoms with Crippen LogP contribution in [0.3, 0.4) is 0 Å². The van der Waals surface area contributed by atoms with Crippen molar-refractivity contribution in [1.82, 2.24) is 19.7 Å². The summed E-state index contributed by atoms with van der Waals surface area (Å²) in [5.41, 5.74) is 0. The van der Waals surface area contributed by atoms with Crippen molar-refractivity contribution in [2.75, 3.05) is 5.75 Å². The van der Waals surface area contributed by atoms with Gasteiger partial charge in [0.25, 0.3) is 5.91 Å². The number of carbonyl (C=O) groups excluding carboxylic acids is 2. The first kappa shape index (κ1) is 21.4. The molecule has 3 heterocycles. The summed E-state index contributed by atoms with van der Waals surface area (Å²) < 4.78 is 12.7. The van der Waals surface area contributed by atoms with Crippen molar-refractivity contribution in [3.05, 3.63) is 18.4 Å². The van der Waals surface area contributed by atoms with E-state index in [1.807, 2.05) is 36.3 Å². The molecule has 0 aliphatic carbocycles. The van der Waals surface area contributed by atoms with Gasteiger partial charge in [-0.25, -0.2) is 0 Å². The summed E-state index contributed by atoms with van der Waals surface area (Å²) in [6.07, 6.45) is 3.87. The molecule has 0 unspecified atom stereocenters. The molecule has 2 aromatic heterocycles.